The van der Waals surface area contributed by atoms with Crippen LogP contribution in [0.1, 0.15) is 5.76 Å². The Morgan fingerprint density at radius 1 is 1.71 bits per heavy atom. The van der Waals surface area contributed by atoms with Gasteiger partial charge in [0.1, 0.15) is 5.76 Å². The lowest BCUT2D eigenvalue weighted by molar-refractivity contribution is 0.557. The van der Waals surface area contributed by atoms with Crippen LogP contribution in [0, 0.1) is 6.58 Å². The van der Waals surface area contributed by atoms with Gasteiger partial charge in [-0.15, -0.1) is 0 Å². The highest BCUT2D eigenvalue weighted by molar-refractivity contribution is 5.36. The summed E-state index contributed by atoms with van der Waals surface area (Å²) in [5.74, 6) is 0.597. The maximum atomic E-state index is 6.64. The van der Waals surface area contributed by atoms with Crippen LogP contribution < -0.4 is 0 Å². The van der Waals surface area contributed by atoms with Gasteiger partial charge in [0, 0.05) is 0 Å². The third kappa shape index (κ3) is 0.712. The first-order valence-electron chi connectivity index (χ1n) is 1.97. The molecule has 1 heterocycles. The first-order valence-corrected chi connectivity index (χ1v) is 1.97. The molecular formula is C6H4O. The monoisotopic (exact) mass is 92.0 g/mol. The lowest BCUT2D eigenvalue weighted by Crippen LogP contribution is -1.51. The zero-order valence-corrected chi connectivity index (χ0v) is 3.72. The van der Waals surface area contributed by atoms with Crippen molar-refractivity contribution in [2.45, 2.75) is 0 Å². The molecule has 1 aromatic heterocycles. The van der Waals surface area contributed by atoms with Crippen LogP contribution in [-0.4, -0.2) is 0 Å². The first kappa shape index (κ1) is 4.19. The second-order valence-corrected chi connectivity index (χ2v) is 1.16. The van der Waals surface area contributed by atoms with Crippen molar-refractivity contribution in [3.63, 3.8) is 0 Å². The molecule has 0 atom stereocenters. The van der Waals surface area contributed by atoms with E-state index in [1.165, 1.54) is 6.08 Å². The van der Waals surface area contributed by atoms with Gasteiger partial charge in [-0.05, 0) is 24.8 Å². The van der Waals surface area contributed by atoms with E-state index in [4.69, 9.17) is 11.0 Å². The minimum absolute atomic E-state index is 0.597. The Morgan fingerprint density at radius 2 is 2.57 bits per heavy atom. The molecule has 1 aromatic rings. The Kier molecular flexibility index (Phi) is 0.984. The predicted molar refractivity (Wildman–Crippen MR) is 26.4 cm³/mol. The average molecular weight is 92.1 g/mol. The van der Waals surface area contributed by atoms with Crippen molar-refractivity contribution >= 4 is 6.08 Å². The van der Waals surface area contributed by atoms with Crippen molar-refractivity contribution in [2.24, 2.45) is 0 Å². The van der Waals surface area contributed by atoms with Gasteiger partial charge in [0.2, 0.25) is 0 Å². The molecule has 0 fully saturated rings. The Hall–Kier alpha value is -0.980. The summed E-state index contributed by atoms with van der Waals surface area (Å²) in [5.41, 5.74) is 0. The van der Waals surface area contributed by atoms with E-state index < -0.39 is 0 Å². The standard InChI is InChI=1S/C6H4O/c1-2-6-4-3-5-7-6/h2-5H. The second kappa shape index (κ2) is 1.65. The lowest BCUT2D eigenvalue weighted by Gasteiger charge is -1.72. The van der Waals surface area contributed by atoms with Crippen molar-refractivity contribution in [1.29, 1.82) is 0 Å². The molecule has 0 saturated heterocycles. The molecule has 1 nitrogen and oxygen atoms in total. The number of hydrogen-bond donors (Lipinski definition) is 0. The van der Waals surface area contributed by atoms with E-state index in [1.807, 2.05) is 0 Å². The molecule has 2 radical (unpaired) electrons. The average Bonchev–Trinajstić information content (AvgIpc) is 2.14. The van der Waals surface area contributed by atoms with Gasteiger partial charge in [-0.25, -0.2) is 0 Å². The van der Waals surface area contributed by atoms with Gasteiger partial charge in [-0.3, -0.25) is 0 Å². The minimum Gasteiger partial charge on any atom is -0.465 e. The van der Waals surface area contributed by atoms with Crippen LogP contribution >= 0.6 is 0 Å². The lowest BCUT2D eigenvalue weighted by atomic mass is 10.5. The fourth-order valence-corrected chi connectivity index (χ4v) is 0.373. The van der Waals surface area contributed by atoms with Crippen LogP contribution in [0.4, 0.5) is 0 Å². The van der Waals surface area contributed by atoms with E-state index in [2.05, 4.69) is 0 Å². The summed E-state index contributed by atoms with van der Waals surface area (Å²) in [6.07, 6.45) is 2.71. The Bertz CT molecular complexity index is 139. The second-order valence-electron chi connectivity index (χ2n) is 1.16. The van der Waals surface area contributed by atoms with E-state index in [-0.39, 0.29) is 0 Å². The minimum atomic E-state index is 0.597. The summed E-state index contributed by atoms with van der Waals surface area (Å²) in [6, 6.07) is 3.48. The molecular weight excluding hydrogens is 88.1 g/mol. The largest absolute Gasteiger partial charge is 0.465 e. The quantitative estimate of drug-likeness (QED) is 0.512. The predicted octanol–water partition coefficient (Wildman–Crippen LogP) is 1.60. The van der Waals surface area contributed by atoms with Crippen molar-refractivity contribution in [3.05, 3.63) is 30.7 Å². The van der Waals surface area contributed by atoms with E-state index in [0.717, 1.165) is 0 Å². The maximum absolute atomic E-state index is 6.64. The molecule has 1 rings (SSSR count). The molecule has 0 bridgehead atoms. The molecule has 0 spiro atoms. The van der Waals surface area contributed by atoms with Gasteiger partial charge in [-0.2, -0.15) is 0 Å². The Labute approximate surface area is 42.3 Å². The van der Waals surface area contributed by atoms with Crippen molar-refractivity contribution in [1.82, 2.24) is 0 Å². The third-order valence-electron chi connectivity index (χ3n) is 0.685. The van der Waals surface area contributed by atoms with Gasteiger partial charge in [0.15, 0.2) is 0 Å². The Morgan fingerprint density at radius 3 is 2.86 bits per heavy atom. The van der Waals surface area contributed by atoms with Crippen LogP contribution in [0.3, 0.4) is 0 Å². The van der Waals surface area contributed by atoms with Crippen LogP contribution in [0.5, 0.6) is 0 Å². The molecule has 1 heteroatoms. The number of rotatable bonds is 1. The smallest absolute Gasteiger partial charge is 0.127 e. The summed E-state index contributed by atoms with van der Waals surface area (Å²) in [7, 11) is 0. The molecule has 0 aliphatic carbocycles. The van der Waals surface area contributed by atoms with Crippen LogP contribution in [0.2, 0.25) is 0 Å². The highest BCUT2D eigenvalue weighted by atomic mass is 16.3. The Balaban J connectivity index is 2.96. The normalized spacial score (nSPS) is 8.57. The van der Waals surface area contributed by atoms with Gasteiger partial charge in [0.25, 0.3) is 0 Å². The summed E-state index contributed by atoms with van der Waals surface area (Å²) in [4.78, 5) is 0. The summed E-state index contributed by atoms with van der Waals surface area (Å²) in [5, 5.41) is 0. The van der Waals surface area contributed by atoms with Gasteiger partial charge >= 0.3 is 0 Å². The molecule has 0 unspecified atom stereocenters. The zero-order chi connectivity index (χ0) is 5.11. The fourth-order valence-electron chi connectivity index (χ4n) is 0.373. The first-order chi connectivity index (χ1) is 3.43. The molecule has 0 N–H and O–H groups in total. The molecule has 34 valence electrons. The summed E-state index contributed by atoms with van der Waals surface area (Å²) in [6.45, 7) is 6.64. The molecule has 0 aliphatic rings. The van der Waals surface area contributed by atoms with Gasteiger partial charge < -0.3 is 4.42 Å². The van der Waals surface area contributed by atoms with Crippen molar-refractivity contribution < 1.29 is 4.42 Å². The van der Waals surface area contributed by atoms with Crippen molar-refractivity contribution in [2.75, 3.05) is 0 Å². The SMILES string of the molecule is [C]=Cc1ccco1. The van der Waals surface area contributed by atoms with E-state index in [1.54, 1.807) is 18.4 Å². The highest BCUT2D eigenvalue weighted by Crippen LogP contribution is 1.98. The highest BCUT2D eigenvalue weighted by Gasteiger charge is 1.80. The molecule has 0 aromatic carbocycles. The maximum Gasteiger partial charge on any atom is 0.127 e. The van der Waals surface area contributed by atoms with Gasteiger partial charge in [0.05, 0.1) is 6.26 Å². The molecule has 7 heavy (non-hydrogen) atoms. The van der Waals surface area contributed by atoms with E-state index >= 15 is 0 Å². The number of furan rings is 1. The van der Waals surface area contributed by atoms with Crippen LogP contribution in [-0.2, 0) is 0 Å². The molecule has 0 saturated carbocycles. The summed E-state index contributed by atoms with van der Waals surface area (Å²) < 4.78 is 4.74. The summed E-state index contributed by atoms with van der Waals surface area (Å²) >= 11 is 0. The fraction of sp³-hybridized carbons (Fsp3) is 0. The van der Waals surface area contributed by atoms with E-state index in [9.17, 15) is 0 Å². The molecule has 0 amide bonds. The van der Waals surface area contributed by atoms with Crippen molar-refractivity contribution in [3.8, 4) is 0 Å². The van der Waals surface area contributed by atoms with Crippen LogP contribution in [0.25, 0.3) is 6.08 Å². The zero-order valence-electron chi connectivity index (χ0n) is 3.72. The van der Waals surface area contributed by atoms with E-state index in [0.29, 0.717) is 5.76 Å². The topological polar surface area (TPSA) is 13.1 Å². The molecule has 0 aliphatic heterocycles. The van der Waals surface area contributed by atoms with Crippen LogP contribution in [0.15, 0.2) is 22.8 Å². The number of hydrogen-bond acceptors (Lipinski definition) is 1. The van der Waals surface area contributed by atoms with Gasteiger partial charge in [-0.1, -0.05) is 0 Å². The third-order valence-corrected chi connectivity index (χ3v) is 0.685.